The largest absolute Gasteiger partial charge is 0.354 e. The molecule has 1 heterocycles. The second kappa shape index (κ2) is 7.66. The molecule has 0 aromatic heterocycles. The fourth-order valence-electron chi connectivity index (χ4n) is 3.30. The van der Waals surface area contributed by atoms with E-state index in [2.05, 4.69) is 45.9 Å². The molecule has 132 valence electrons. The highest BCUT2D eigenvalue weighted by Gasteiger charge is 2.31. The molecule has 0 radical (unpaired) electrons. The summed E-state index contributed by atoms with van der Waals surface area (Å²) in [6.07, 6.45) is 0.192. The SMILES string of the molecule is CC(C)NC(=O)C[C@@H]1C(=O)NCCN1Cc1ccc2ccccc2c1. The van der Waals surface area contributed by atoms with Crippen molar-refractivity contribution in [3.8, 4) is 0 Å². The number of nitrogens with zero attached hydrogens (tertiary/aromatic N) is 1. The zero-order valence-corrected chi connectivity index (χ0v) is 14.8. The van der Waals surface area contributed by atoms with Crippen molar-refractivity contribution < 1.29 is 9.59 Å². The highest BCUT2D eigenvalue weighted by molar-refractivity contribution is 5.89. The molecule has 3 rings (SSSR count). The number of rotatable bonds is 5. The van der Waals surface area contributed by atoms with Crippen molar-refractivity contribution >= 4 is 22.6 Å². The Balaban J connectivity index is 1.75. The molecule has 2 aromatic rings. The maximum Gasteiger partial charge on any atom is 0.237 e. The average molecular weight is 339 g/mol. The summed E-state index contributed by atoms with van der Waals surface area (Å²) in [5, 5.41) is 8.14. The van der Waals surface area contributed by atoms with E-state index < -0.39 is 6.04 Å². The lowest BCUT2D eigenvalue weighted by Crippen LogP contribution is -2.56. The molecule has 5 heteroatoms. The fraction of sp³-hybridized carbons (Fsp3) is 0.400. The van der Waals surface area contributed by atoms with Gasteiger partial charge in [-0.15, -0.1) is 0 Å². The van der Waals surface area contributed by atoms with E-state index in [1.165, 1.54) is 10.8 Å². The lowest BCUT2D eigenvalue weighted by atomic mass is 10.0. The standard InChI is InChI=1S/C20H25N3O2/c1-14(2)22-19(24)12-18-20(25)21-9-10-23(18)13-15-7-8-16-5-3-4-6-17(16)11-15/h3-8,11,14,18H,9-10,12-13H2,1-2H3,(H,21,25)(H,22,24)/t18-/m1/s1. The Morgan fingerprint density at radius 1 is 1.24 bits per heavy atom. The molecule has 1 fully saturated rings. The molecule has 2 amide bonds. The number of benzene rings is 2. The van der Waals surface area contributed by atoms with Crippen molar-refractivity contribution in [1.29, 1.82) is 0 Å². The highest BCUT2D eigenvalue weighted by Crippen LogP contribution is 2.19. The summed E-state index contributed by atoms with van der Waals surface area (Å²) in [6, 6.07) is 14.3. The van der Waals surface area contributed by atoms with Gasteiger partial charge in [0.2, 0.25) is 11.8 Å². The Kier molecular flexibility index (Phi) is 5.34. The first kappa shape index (κ1) is 17.4. The van der Waals surface area contributed by atoms with Gasteiger partial charge in [-0.05, 0) is 36.2 Å². The maximum absolute atomic E-state index is 12.3. The Hall–Kier alpha value is -2.40. The summed E-state index contributed by atoms with van der Waals surface area (Å²) < 4.78 is 0. The van der Waals surface area contributed by atoms with Gasteiger partial charge in [0.25, 0.3) is 0 Å². The topological polar surface area (TPSA) is 61.4 Å². The molecule has 1 aliphatic rings. The number of amides is 2. The number of piperazine rings is 1. The van der Waals surface area contributed by atoms with Crippen LogP contribution in [0.4, 0.5) is 0 Å². The summed E-state index contributed by atoms with van der Waals surface area (Å²) >= 11 is 0. The fourth-order valence-corrected chi connectivity index (χ4v) is 3.30. The molecule has 2 aromatic carbocycles. The third-order valence-electron chi connectivity index (χ3n) is 4.47. The van der Waals surface area contributed by atoms with Crippen LogP contribution in [0.15, 0.2) is 42.5 Å². The first-order valence-corrected chi connectivity index (χ1v) is 8.82. The van der Waals surface area contributed by atoms with Gasteiger partial charge in [0.1, 0.15) is 0 Å². The number of carbonyl (C=O) groups is 2. The zero-order chi connectivity index (χ0) is 17.8. The third-order valence-corrected chi connectivity index (χ3v) is 4.47. The van der Waals surface area contributed by atoms with Crippen molar-refractivity contribution in [2.24, 2.45) is 0 Å². The zero-order valence-electron chi connectivity index (χ0n) is 14.8. The summed E-state index contributed by atoms with van der Waals surface area (Å²) in [5.41, 5.74) is 1.16. The maximum atomic E-state index is 12.3. The monoisotopic (exact) mass is 339 g/mol. The Morgan fingerprint density at radius 3 is 2.76 bits per heavy atom. The van der Waals surface area contributed by atoms with Crippen LogP contribution in [0.5, 0.6) is 0 Å². The summed E-state index contributed by atoms with van der Waals surface area (Å²) in [5.74, 6) is -0.147. The number of carbonyl (C=O) groups excluding carboxylic acids is 2. The van der Waals surface area contributed by atoms with Crippen LogP contribution >= 0.6 is 0 Å². The molecule has 1 atom stereocenters. The molecule has 5 nitrogen and oxygen atoms in total. The summed E-state index contributed by atoms with van der Waals surface area (Å²) in [7, 11) is 0. The van der Waals surface area contributed by atoms with Gasteiger partial charge in [0.05, 0.1) is 12.5 Å². The minimum absolute atomic E-state index is 0.0639. The van der Waals surface area contributed by atoms with Crippen LogP contribution in [0.3, 0.4) is 0 Å². The molecule has 1 saturated heterocycles. The van der Waals surface area contributed by atoms with Crippen LogP contribution in [0, 0.1) is 0 Å². The predicted octanol–water partition coefficient (Wildman–Crippen LogP) is 2.05. The minimum atomic E-state index is -0.418. The molecule has 0 bridgehead atoms. The lowest BCUT2D eigenvalue weighted by molar-refractivity contribution is -0.134. The second-order valence-electron chi connectivity index (χ2n) is 6.89. The van der Waals surface area contributed by atoms with E-state index in [0.29, 0.717) is 13.1 Å². The number of hydrogen-bond acceptors (Lipinski definition) is 3. The van der Waals surface area contributed by atoms with Crippen molar-refractivity contribution in [1.82, 2.24) is 15.5 Å². The van der Waals surface area contributed by atoms with Gasteiger partial charge in [-0.2, -0.15) is 0 Å². The van der Waals surface area contributed by atoms with E-state index in [0.717, 1.165) is 12.1 Å². The summed E-state index contributed by atoms with van der Waals surface area (Å²) in [6.45, 7) is 5.88. The molecule has 2 N–H and O–H groups in total. The average Bonchev–Trinajstić information content (AvgIpc) is 2.57. The Bertz CT molecular complexity index is 772. The van der Waals surface area contributed by atoms with Crippen LogP contribution in [0.1, 0.15) is 25.8 Å². The molecular formula is C20H25N3O2. The van der Waals surface area contributed by atoms with Crippen molar-refractivity contribution in [2.75, 3.05) is 13.1 Å². The van der Waals surface area contributed by atoms with E-state index in [4.69, 9.17) is 0 Å². The first-order valence-electron chi connectivity index (χ1n) is 8.82. The molecular weight excluding hydrogens is 314 g/mol. The lowest BCUT2D eigenvalue weighted by Gasteiger charge is -2.34. The van der Waals surface area contributed by atoms with Gasteiger partial charge in [0, 0.05) is 25.7 Å². The highest BCUT2D eigenvalue weighted by atomic mass is 16.2. The van der Waals surface area contributed by atoms with E-state index in [9.17, 15) is 9.59 Å². The van der Waals surface area contributed by atoms with Crippen LogP contribution in [0.25, 0.3) is 10.8 Å². The Morgan fingerprint density at radius 2 is 2.00 bits per heavy atom. The van der Waals surface area contributed by atoms with E-state index in [1.54, 1.807) is 0 Å². The number of fused-ring (bicyclic) bond motifs is 1. The van der Waals surface area contributed by atoms with E-state index >= 15 is 0 Å². The van der Waals surface area contributed by atoms with Gasteiger partial charge < -0.3 is 10.6 Å². The molecule has 25 heavy (non-hydrogen) atoms. The predicted molar refractivity (Wildman–Crippen MR) is 99.1 cm³/mol. The molecule has 1 aliphatic heterocycles. The second-order valence-corrected chi connectivity index (χ2v) is 6.89. The van der Waals surface area contributed by atoms with Gasteiger partial charge in [-0.3, -0.25) is 14.5 Å². The normalized spacial score (nSPS) is 18.4. The van der Waals surface area contributed by atoms with Crippen LogP contribution in [0.2, 0.25) is 0 Å². The van der Waals surface area contributed by atoms with Gasteiger partial charge in [-0.25, -0.2) is 0 Å². The van der Waals surface area contributed by atoms with Crippen LogP contribution in [-0.2, 0) is 16.1 Å². The minimum Gasteiger partial charge on any atom is -0.354 e. The van der Waals surface area contributed by atoms with Crippen molar-refractivity contribution in [2.45, 2.75) is 38.9 Å². The molecule has 0 unspecified atom stereocenters. The molecule has 0 saturated carbocycles. The quantitative estimate of drug-likeness (QED) is 0.876. The van der Waals surface area contributed by atoms with E-state index in [-0.39, 0.29) is 24.3 Å². The number of hydrogen-bond donors (Lipinski definition) is 2. The molecule has 0 spiro atoms. The van der Waals surface area contributed by atoms with Crippen molar-refractivity contribution in [3.63, 3.8) is 0 Å². The van der Waals surface area contributed by atoms with E-state index in [1.807, 2.05) is 26.0 Å². The first-order chi connectivity index (χ1) is 12.0. The van der Waals surface area contributed by atoms with Crippen LogP contribution < -0.4 is 10.6 Å². The van der Waals surface area contributed by atoms with Crippen LogP contribution in [-0.4, -0.2) is 41.9 Å². The number of nitrogens with one attached hydrogen (secondary N) is 2. The summed E-state index contributed by atoms with van der Waals surface area (Å²) in [4.78, 5) is 26.5. The van der Waals surface area contributed by atoms with Gasteiger partial charge in [-0.1, -0.05) is 36.4 Å². The molecule has 0 aliphatic carbocycles. The Labute approximate surface area is 148 Å². The smallest absolute Gasteiger partial charge is 0.237 e. The van der Waals surface area contributed by atoms with Crippen molar-refractivity contribution in [3.05, 3.63) is 48.0 Å². The van der Waals surface area contributed by atoms with Gasteiger partial charge >= 0.3 is 0 Å². The van der Waals surface area contributed by atoms with Gasteiger partial charge in [0.15, 0.2) is 0 Å². The third kappa shape index (κ3) is 4.37.